The van der Waals surface area contributed by atoms with E-state index in [0.29, 0.717) is 16.1 Å². The van der Waals surface area contributed by atoms with Crippen LogP contribution >= 0.6 is 0 Å². The topological polar surface area (TPSA) is 46.6 Å². The van der Waals surface area contributed by atoms with Gasteiger partial charge in [-0.3, -0.25) is 4.31 Å². The van der Waals surface area contributed by atoms with Crippen LogP contribution < -0.4 is 9.04 Å². The van der Waals surface area contributed by atoms with Crippen molar-refractivity contribution < 1.29 is 13.2 Å². The van der Waals surface area contributed by atoms with Gasteiger partial charge in [0.1, 0.15) is 5.75 Å². The second-order valence-electron chi connectivity index (χ2n) is 5.82. The van der Waals surface area contributed by atoms with Crippen molar-refractivity contribution in [1.29, 1.82) is 0 Å². The summed E-state index contributed by atoms with van der Waals surface area (Å²) < 4.78 is 32.7. The summed E-state index contributed by atoms with van der Waals surface area (Å²) in [4.78, 5) is 0.313. The van der Waals surface area contributed by atoms with E-state index in [2.05, 4.69) is 0 Å². The third-order valence-corrected chi connectivity index (χ3v) is 5.84. The molecule has 5 heteroatoms. The van der Waals surface area contributed by atoms with Gasteiger partial charge in [0.05, 0.1) is 17.7 Å². The number of para-hydroxylation sites is 1. The molecule has 0 N–H and O–H groups in total. The molecule has 124 valence electrons. The molecule has 2 rings (SSSR count). The lowest BCUT2D eigenvalue weighted by Gasteiger charge is -2.22. The molecule has 0 unspecified atom stereocenters. The average molecular weight is 333 g/mol. The van der Waals surface area contributed by atoms with Crippen molar-refractivity contribution in [2.24, 2.45) is 0 Å². The van der Waals surface area contributed by atoms with Crippen LogP contribution in [0.15, 0.2) is 47.4 Å². The summed E-state index contributed by atoms with van der Waals surface area (Å²) in [6, 6.07) is 12.6. The highest BCUT2D eigenvalue weighted by Crippen LogP contribution is 2.33. The summed E-state index contributed by atoms with van der Waals surface area (Å²) in [7, 11) is -0.451. The number of anilines is 1. The van der Waals surface area contributed by atoms with Crippen LogP contribution in [0.25, 0.3) is 0 Å². The maximum Gasteiger partial charge on any atom is 0.264 e. The predicted molar refractivity (Wildman–Crippen MR) is 93.9 cm³/mol. The molecule has 0 saturated carbocycles. The van der Waals surface area contributed by atoms with Gasteiger partial charge in [-0.05, 0) is 48.2 Å². The van der Waals surface area contributed by atoms with Gasteiger partial charge in [0.25, 0.3) is 10.0 Å². The number of benzene rings is 2. The molecule has 0 fully saturated rings. The lowest BCUT2D eigenvalue weighted by atomic mass is 10.0. The number of rotatable bonds is 5. The largest absolute Gasteiger partial charge is 0.496 e. The van der Waals surface area contributed by atoms with Crippen LogP contribution in [0.1, 0.15) is 30.9 Å². The van der Waals surface area contributed by atoms with Crippen molar-refractivity contribution in [3.05, 3.63) is 53.6 Å². The first-order valence-electron chi connectivity index (χ1n) is 7.51. The van der Waals surface area contributed by atoms with Crippen LogP contribution in [0.3, 0.4) is 0 Å². The summed E-state index contributed by atoms with van der Waals surface area (Å²) >= 11 is 0. The SMILES string of the molecule is COc1cc(C)c(S(=O)(=O)N(C)c2ccccc2)cc1C(C)C. The molecule has 0 aliphatic rings. The van der Waals surface area contributed by atoms with Gasteiger partial charge < -0.3 is 4.74 Å². The fourth-order valence-corrected chi connectivity index (χ4v) is 3.94. The van der Waals surface area contributed by atoms with E-state index in [0.717, 1.165) is 11.3 Å². The Morgan fingerprint density at radius 1 is 1.09 bits per heavy atom. The highest BCUT2D eigenvalue weighted by molar-refractivity contribution is 7.92. The number of methoxy groups -OCH3 is 1. The molecular weight excluding hydrogens is 310 g/mol. The molecule has 4 nitrogen and oxygen atoms in total. The molecule has 2 aromatic carbocycles. The molecule has 2 aromatic rings. The summed E-state index contributed by atoms with van der Waals surface area (Å²) in [5, 5.41) is 0. The monoisotopic (exact) mass is 333 g/mol. The fourth-order valence-electron chi connectivity index (χ4n) is 2.51. The molecule has 0 amide bonds. The number of hydrogen-bond acceptors (Lipinski definition) is 3. The maximum absolute atomic E-state index is 13.0. The highest BCUT2D eigenvalue weighted by atomic mass is 32.2. The zero-order valence-electron chi connectivity index (χ0n) is 14.2. The standard InChI is InChI=1S/C18H23NO3S/c1-13(2)16-12-18(14(3)11-17(16)22-5)23(20,21)19(4)15-9-7-6-8-10-15/h6-13H,1-5H3. The Hall–Kier alpha value is -2.01. The van der Waals surface area contributed by atoms with Gasteiger partial charge >= 0.3 is 0 Å². The molecule has 0 aliphatic carbocycles. The van der Waals surface area contributed by atoms with Gasteiger partial charge in [-0.25, -0.2) is 8.42 Å². The van der Waals surface area contributed by atoms with Crippen LogP contribution in [0.2, 0.25) is 0 Å². The molecular formula is C18H23NO3S. The molecule has 0 aromatic heterocycles. The Morgan fingerprint density at radius 2 is 1.70 bits per heavy atom. The Labute approximate surface area is 138 Å². The molecule has 0 saturated heterocycles. The van der Waals surface area contributed by atoms with Gasteiger partial charge in [0.2, 0.25) is 0 Å². The quantitative estimate of drug-likeness (QED) is 0.832. The number of ether oxygens (including phenoxy) is 1. The number of nitrogens with zero attached hydrogens (tertiary/aromatic N) is 1. The second-order valence-corrected chi connectivity index (χ2v) is 7.76. The van der Waals surface area contributed by atoms with Crippen LogP contribution in [-0.2, 0) is 10.0 Å². The Morgan fingerprint density at radius 3 is 2.22 bits per heavy atom. The summed E-state index contributed by atoms with van der Waals surface area (Å²) in [6.45, 7) is 5.83. The first kappa shape index (κ1) is 17.3. The maximum atomic E-state index is 13.0. The lowest BCUT2D eigenvalue weighted by molar-refractivity contribution is 0.406. The normalized spacial score (nSPS) is 11.6. The molecule has 0 bridgehead atoms. The van der Waals surface area contributed by atoms with Gasteiger partial charge in [0, 0.05) is 7.05 Å². The molecule has 0 radical (unpaired) electrons. The van der Waals surface area contributed by atoms with Crippen LogP contribution in [0, 0.1) is 6.92 Å². The van der Waals surface area contributed by atoms with Crippen molar-refractivity contribution in [2.75, 3.05) is 18.5 Å². The first-order chi connectivity index (χ1) is 10.8. The van der Waals surface area contributed by atoms with E-state index < -0.39 is 10.0 Å². The Kier molecular flexibility index (Phi) is 5.00. The number of sulfonamides is 1. The van der Waals surface area contributed by atoms with Crippen molar-refractivity contribution in [3.8, 4) is 5.75 Å². The predicted octanol–water partition coefficient (Wildman–Crippen LogP) is 3.95. The minimum atomic E-state index is -3.63. The van der Waals surface area contributed by atoms with E-state index in [-0.39, 0.29) is 5.92 Å². The van der Waals surface area contributed by atoms with Gasteiger partial charge in [0.15, 0.2) is 0 Å². The van der Waals surface area contributed by atoms with Crippen LogP contribution in [0.5, 0.6) is 5.75 Å². The van der Waals surface area contributed by atoms with Gasteiger partial charge in [-0.15, -0.1) is 0 Å². The Bertz CT molecular complexity index is 783. The zero-order chi connectivity index (χ0) is 17.2. The van der Waals surface area contributed by atoms with Crippen molar-refractivity contribution in [1.82, 2.24) is 0 Å². The minimum Gasteiger partial charge on any atom is -0.496 e. The van der Waals surface area contributed by atoms with Gasteiger partial charge in [-0.2, -0.15) is 0 Å². The van der Waals surface area contributed by atoms with E-state index in [9.17, 15) is 8.42 Å². The van der Waals surface area contributed by atoms with E-state index in [1.807, 2.05) is 32.0 Å². The van der Waals surface area contributed by atoms with E-state index in [1.165, 1.54) is 4.31 Å². The molecule has 0 spiro atoms. The summed E-state index contributed by atoms with van der Waals surface area (Å²) in [5.74, 6) is 0.889. The molecule has 0 aliphatic heterocycles. The third-order valence-electron chi connectivity index (χ3n) is 3.91. The smallest absolute Gasteiger partial charge is 0.264 e. The van der Waals surface area contributed by atoms with Crippen LogP contribution in [-0.4, -0.2) is 22.6 Å². The molecule has 0 atom stereocenters. The summed E-state index contributed by atoms with van der Waals surface area (Å²) in [6.07, 6.45) is 0. The Balaban J connectivity index is 2.58. The van der Waals surface area contributed by atoms with Crippen molar-refractivity contribution >= 4 is 15.7 Å². The summed E-state index contributed by atoms with van der Waals surface area (Å²) in [5.41, 5.74) is 2.20. The molecule has 23 heavy (non-hydrogen) atoms. The van der Waals surface area contributed by atoms with E-state index in [4.69, 9.17) is 4.74 Å². The fraction of sp³-hybridized carbons (Fsp3) is 0.333. The highest BCUT2D eigenvalue weighted by Gasteiger charge is 2.25. The number of aryl methyl sites for hydroxylation is 1. The van der Waals surface area contributed by atoms with Crippen molar-refractivity contribution in [3.63, 3.8) is 0 Å². The van der Waals surface area contributed by atoms with Crippen molar-refractivity contribution in [2.45, 2.75) is 31.6 Å². The molecule has 0 heterocycles. The zero-order valence-corrected chi connectivity index (χ0v) is 15.0. The van der Waals surface area contributed by atoms with E-state index >= 15 is 0 Å². The lowest BCUT2D eigenvalue weighted by Crippen LogP contribution is -2.27. The van der Waals surface area contributed by atoms with Crippen LogP contribution in [0.4, 0.5) is 5.69 Å². The number of hydrogen-bond donors (Lipinski definition) is 0. The average Bonchev–Trinajstić information content (AvgIpc) is 2.53. The minimum absolute atomic E-state index is 0.168. The van der Waals surface area contributed by atoms with E-state index in [1.54, 1.807) is 45.3 Å². The van der Waals surface area contributed by atoms with Gasteiger partial charge in [-0.1, -0.05) is 32.0 Å². The third kappa shape index (κ3) is 3.34. The first-order valence-corrected chi connectivity index (χ1v) is 8.95. The second kappa shape index (κ2) is 6.62.